The van der Waals surface area contributed by atoms with Gasteiger partial charge in [-0.1, -0.05) is 42.5 Å². The first-order valence-electron chi connectivity index (χ1n) is 8.02. The average molecular weight is 370 g/mol. The van der Waals surface area contributed by atoms with Gasteiger partial charge in [-0.25, -0.2) is 13.1 Å². The molecular formula is C19H18N2O4S. The topological polar surface area (TPSA) is 95.5 Å². The van der Waals surface area contributed by atoms with Gasteiger partial charge in [-0.3, -0.25) is 4.79 Å². The number of carbonyl (C=O) groups is 1. The summed E-state index contributed by atoms with van der Waals surface area (Å²) in [6, 6.07) is 18.7. The van der Waals surface area contributed by atoms with E-state index in [4.69, 9.17) is 0 Å². The van der Waals surface area contributed by atoms with Crippen molar-refractivity contribution in [2.24, 2.45) is 0 Å². The fraction of sp³-hybridized carbons (Fsp3) is 0.105. The van der Waals surface area contributed by atoms with Crippen molar-refractivity contribution >= 4 is 32.4 Å². The lowest BCUT2D eigenvalue weighted by Gasteiger charge is -2.09. The van der Waals surface area contributed by atoms with Crippen LogP contribution < -0.4 is 10.0 Å². The van der Waals surface area contributed by atoms with E-state index in [0.717, 1.165) is 10.8 Å². The van der Waals surface area contributed by atoms with Crippen molar-refractivity contribution in [2.75, 3.05) is 11.9 Å². The largest absolute Gasteiger partial charge is 0.506 e. The van der Waals surface area contributed by atoms with Crippen LogP contribution in [0, 0.1) is 0 Å². The molecule has 0 aromatic heterocycles. The Balaban J connectivity index is 1.61. The Morgan fingerprint density at radius 2 is 1.62 bits per heavy atom. The Morgan fingerprint density at radius 3 is 2.38 bits per heavy atom. The summed E-state index contributed by atoms with van der Waals surface area (Å²) in [6.45, 7) is -0.0470. The van der Waals surface area contributed by atoms with Crippen molar-refractivity contribution in [1.29, 1.82) is 0 Å². The van der Waals surface area contributed by atoms with Crippen LogP contribution in [0.5, 0.6) is 5.75 Å². The molecule has 0 unspecified atom stereocenters. The lowest BCUT2D eigenvalue weighted by atomic mass is 10.1. The van der Waals surface area contributed by atoms with Crippen LogP contribution in [-0.2, 0) is 14.8 Å². The Labute approximate surface area is 151 Å². The quantitative estimate of drug-likeness (QED) is 0.582. The second kappa shape index (κ2) is 7.55. The first-order valence-corrected chi connectivity index (χ1v) is 9.50. The van der Waals surface area contributed by atoms with Crippen molar-refractivity contribution in [1.82, 2.24) is 4.72 Å². The predicted molar refractivity (Wildman–Crippen MR) is 100 cm³/mol. The molecule has 0 aliphatic heterocycles. The highest BCUT2D eigenvalue weighted by molar-refractivity contribution is 7.89. The normalized spacial score (nSPS) is 11.4. The molecule has 0 radical (unpaired) electrons. The number of fused-ring (bicyclic) bond motifs is 1. The van der Waals surface area contributed by atoms with E-state index in [1.54, 1.807) is 30.3 Å². The molecule has 134 valence electrons. The second-order valence-corrected chi connectivity index (χ2v) is 7.49. The molecule has 1 amide bonds. The number of para-hydroxylation sites is 2. The van der Waals surface area contributed by atoms with Crippen molar-refractivity contribution in [2.45, 2.75) is 11.3 Å². The zero-order chi connectivity index (χ0) is 18.6. The number of phenolic OH excluding ortho intramolecular Hbond substituents is 1. The molecule has 0 spiro atoms. The Bertz CT molecular complexity index is 1050. The van der Waals surface area contributed by atoms with Crippen LogP contribution in [0.15, 0.2) is 71.6 Å². The van der Waals surface area contributed by atoms with Gasteiger partial charge in [0.1, 0.15) is 5.75 Å². The van der Waals surface area contributed by atoms with Crippen LogP contribution in [-0.4, -0.2) is 26.0 Å². The van der Waals surface area contributed by atoms with E-state index in [1.807, 2.05) is 24.3 Å². The Kier molecular flexibility index (Phi) is 5.20. The summed E-state index contributed by atoms with van der Waals surface area (Å²) in [5, 5.41) is 13.9. The molecular weight excluding hydrogens is 352 g/mol. The molecule has 0 fully saturated rings. The third kappa shape index (κ3) is 4.19. The third-order valence-corrected chi connectivity index (χ3v) is 5.31. The van der Waals surface area contributed by atoms with Crippen molar-refractivity contribution < 1.29 is 18.3 Å². The monoisotopic (exact) mass is 370 g/mol. The smallest absolute Gasteiger partial charge is 0.240 e. The summed E-state index contributed by atoms with van der Waals surface area (Å²) in [5.74, 6) is -0.440. The second-order valence-electron chi connectivity index (χ2n) is 5.72. The molecule has 3 aromatic carbocycles. The van der Waals surface area contributed by atoms with E-state index in [1.165, 1.54) is 12.1 Å². The number of phenols is 1. The summed E-state index contributed by atoms with van der Waals surface area (Å²) < 4.78 is 27.2. The minimum atomic E-state index is -3.71. The maximum absolute atomic E-state index is 12.4. The SMILES string of the molecule is O=C(CCNS(=O)(=O)c1ccc2ccccc2c1)Nc1ccccc1O. The van der Waals surface area contributed by atoms with Gasteiger partial charge in [0.2, 0.25) is 15.9 Å². The molecule has 0 heterocycles. The lowest BCUT2D eigenvalue weighted by molar-refractivity contribution is -0.116. The Hall–Kier alpha value is -2.90. The van der Waals surface area contributed by atoms with Gasteiger partial charge in [-0.15, -0.1) is 0 Å². The number of carbonyl (C=O) groups excluding carboxylic acids is 1. The van der Waals surface area contributed by atoms with Gasteiger partial charge in [0.05, 0.1) is 10.6 Å². The summed E-state index contributed by atoms with van der Waals surface area (Å²) in [5.41, 5.74) is 0.287. The van der Waals surface area contributed by atoms with E-state index < -0.39 is 15.9 Å². The molecule has 3 rings (SSSR count). The van der Waals surface area contributed by atoms with Gasteiger partial charge in [-0.2, -0.15) is 0 Å². The fourth-order valence-electron chi connectivity index (χ4n) is 2.51. The summed E-state index contributed by atoms with van der Waals surface area (Å²) in [7, 11) is -3.71. The fourth-order valence-corrected chi connectivity index (χ4v) is 3.58. The number of sulfonamides is 1. The van der Waals surface area contributed by atoms with Gasteiger partial charge < -0.3 is 10.4 Å². The van der Waals surface area contributed by atoms with Gasteiger partial charge in [0.25, 0.3) is 0 Å². The van der Waals surface area contributed by atoms with E-state index in [-0.39, 0.29) is 29.3 Å². The highest BCUT2D eigenvalue weighted by Gasteiger charge is 2.15. The number of benzene rings is 3. The third-order valence-electron chi connectivity index (χ3n) is 3.85. The molecule has 0 atom stereocenters. The van der Waals surface area contributed by atoms with E-state index in [0.29, 0.717) is 0 Å². The predicted octanol–water partition coefficient (Wildman–Crippen LogP) is 2.85. The number of anilines is 1. The van der Waals surface area contributed by atoms with Crippen LogP contribution in [0.4, 0.5) is 5.69 Å². The van der Waals surface area contributed by atoms with E-state index >= 15 is 0 Å². The average Bonchev–Trinajstić information content (AvgIpc) is 2.63. The maximum atomic E-state index is 12.4. The van der Waals surface area contributed by atoms with Gasteiger partial charge in [0.15, 0.2) is 0 Å². The highest BCUT2D eigenvalue weighted by Crippen LogP contribution is 2.21. The number of amides is 1. The first kappa shape index (κ1) is 17.9. The molecule has 0 saturated heterocycles. The van der Waals surface area contributed by atoms with Gasteiger partial charge >= 0.3 is 0 Å². The van der Waals surface area contributed by atoms with Crippen LogP contribution in [0.25, 0.3) is 10.8 Å². The molecule has 3 aromatic rings. The minimum Gasteiger partial charge on any atom is -0.506 e. The van der Waals surface area contributed by atoms with Crippen molar-refractivity contribution in [3.8, 4) is 5.75 Å². The van der Waals surface area contributed by atoms with Gasteiger partial charge in [0, 0.05) is 13.0 Å². The highest BCUT2D eigenvalue weighted by atomic mass is 32.2. The Morgan fingerprint density at radius 1 is 0.923 bits per heavy atom. The first-order chi connectivity index (χ1) is 12.5. The number of hydrogen-bond acceptors (Lipinski definition) is 4. The minimum absolute atomic E-state index is 0.0439. The van der Waals surface area contributed by atoms with Crippen LogP contribution in [0.1, 0.15) is 6.42 Å². The summed E-state index contributed by atoms with van der Waals surface area (Å²) in [6.07, 6.45) is -0.0544. The molecule has 26 heavy (non-hydrogen) atoms. The molecule has 0 aliphatic carbocycles. The number of hydrogen-bond donors (Lipinski definition) is 3. The summed E-state index contributed by atoms with van der Waals surface area (Å²) >= 11 is 0. The molecule has 0 aliphatic rings. The lowest BCUT2D eigenvalue weighted by Crippen LogP contribution is -2.27. The molecule has 7 heteroatoms. The number of nitrogens with one attached hydrogen (secondary N) is 2. The number of aromatic hydroxyl groups is 1. The van der Waals surface area contributed by atoms with E-state index in [9.17, 15) is 18.3 Å². The zero-order valence-electron chi connectivity index (χ0n) is 13.8. The zero-order valence-corrected chi connectivity index (χ0v) is 14.7. The van der Waals surface area contributed by atoms with Crippen LogP contribution >= 0.6 is 0 Å². The summed E-state index contributed by atoms with van der Waals surface area (Å²) in [4.78, 5) is 12.1. The number of rotatable bonds is 6. The maximum Gasteiger partial charge on any atom is 0.240 e. The van der Waals surface area contributed by atoms with E-state index in [2.05, 4.69) is 10.0 Å². The van der Waals surface area contributed by atoms with Crippen LogP contribution in [0.3, 0.4) is 0 Å². The molecule has 0 bridgehead atoms. The van der Waals surface area contributed by atoms with Crippen molar-refractivity contribution in [3.05, 3.63) is 66.7 Å². The van der Waals surface area contributed by atoms with Crippen LogP contribution in [0.2, 0.25) is 0 Å². The van der Waals surface area contributed by atoms with Gasteiger partial charge in [-0.05, 0) is 35.0 Å². The molecule has 6 nitrogen and oxygen atoms in total. The molecule has 0 saturated carbocycles. The standard InChI is InChI=1S/C19H18N2O4S/c22-18-8-4-3-7-17(18)21-19(23)11-12-20-26(24,25)16-10-9-14-5-1-2-6-15(14)13-16/h1-10,13,20,22H,11-12H2,(H,21,23). The van der Waals surface area contributed by atoms with Crippen molar-refractivity contribution in [3.63, 3.8) is 0 Å². The molecule has 3 N–H and O–H groups in total.